The molecule has 3 amide bonds. The van der Waals surface area contributed by atoms with Crippen molar-refractivity contribution < 1.29 is 23.1 Å². The molecule has 1 aliphatic heterocycles. The Kier molecular flexibility index (Phi) is 7.19. The normalized spacial score (nSPS) is 14.3. The van der Waals surface area contributed by atoms with Crippen LogP contribution in [0.2, 0.25) is 0 Å². The maximum atomic E-state index is 14.3. The molecule has 0 atom stereocenters. The van der Waals surface area contributed by atoms with E-state index in [-0.39, 0.29) is 34.8 Å². The number of halogens is 3. The van der Waals surface area contributed by atoms with Crippen molar-refractivity contribution in [1.82, 2.24) is 9.80 Å². The van der Waals surface area contributed by atoms with E-state index in [4.69, 9.17) is 10.5 Å². The first-order valence-electron chi connectivity index (χ1n) is 9.64. The molecule has 10 heteroatoms. The number of benzene rings is 2. The van der Waals surface area contributed by atoms with E-state index in [0.717, 1.165) is 12.1 Å². The molecule has 0 aromatic heterocycles. The van der Waals surface area contributed by atoms with E-state index in [1.165, 1.54) is 17.0 Å². The number of ether oxygens (including phenoxy) is 1. The molecule has 2 aromatic carbocycles. The molecule has 0 unspecified atom stereocenters. The van der Waals surface area contributed by atoms with Crippen molar-refractivity contribution in [3.63, 3.8) is 0 Å². The van der Waals surface area contributed by atoms with Crippen LogP contribution in [0.4, 0.5) is 25.0 Å². The van der Waals surface area contributed by atoms with Crippen LogP contribution in [0.3, 0.4) is 0 Å². The number of urea groups is 1. The van der Waals surface area contributed by atoms with Gasteiger partial charge in [-0.3, -0.25) is 4.79 Å². The van der Waals surface area contributed by atoms with Gasteiger partial charge in [0.05, 0.1) is 11.4 Å². The van der Waals surface area contributed by atoms with Gasteiger partial charge < -0.3 is 25.6 Å². The number of nitrogens with zero attached hydrogens (tertiary/aromatic N) is 2. The van der Waals surface area contributed by atoms with Crippen molar-refractivity contribution in [2.75, 3.05) is 32.5 Å². The second-order valence-electron chi connectivity index (χ2n) is 7.42. The molecule has 31 heavy (non-hydrogen) atoms. The number of likely N-dealkylation sites (tertiary alicyclic amines) is 1. The summed E-state index contributed by atoms with van der Waals surface area (Å²) in [6, 6.07) is 6.55. The maximum Gasteiger partial charge on any atom is 0.319 e. The van der Waals surface area contributed by atoms with E-state index >= 15 is 0 Å². The molecule has 0 saturated carbocycles. The summed E-state index contributed by atoms with van der Waals surface area (Å²) in [6.07, 6.45) is 0.708. The fourth-order valence-corrected chi connectivity index (χ4v) is 3.84. The van der Waals surface area contributed by atoms with Gasteiger partial charge in [0.15, 0.2) is 0 Å². The van der Waals surface area contributed by atoms with Gasteiger partial charge in [-0.1, -0.05) is 0 Å². The topological polar surface area (TPSA) is 87.9 Å². The van der Waals surface area contributed by atoms with E-state index in [0.29, 0.717) is 29.5 Å². The number of rotatable bonds is 5. The summed E-state index contributed by atoms with van der Waals surface area (Å²) in [7, 11) is 3.36. The second-order valence-corrected chi connectivity index (χ2v) is 8.67. The smallest absolute Gasteiger partial charge is 0.319 e. The Hall–Kier alpha value is -2.63. The predicted octanol–water partition coefficient (Wildman–Crippen LogP) is 3.94. The van der Waals surface area contributed by atoms with Crippen molar-refractivity contribution in [2.24, 2.45) is 5.73 Å². The number of carbonyl (C=O) groups excluding carboxylic acids is 2. The molecule has 3 N–H and O–H groups in total. The monoisotopic (exact) mass is 544 g/mol. The molecule has 1 fully saturated rings. The Morgan fingerprint density at radius 2 is 1.84 bits per heavy atom. The highest BCUT2D eigenvalue weighted by molar-refractivity contribution is 14.1. The number of nitrogens with one attached hydrogen (secondary N) is 1. The third-order valence-corrected chi connectivity index (χ3v) is 5.57. The molecule has 0 spiro atoms. The molecule has 1 saturated heterocycles. The van der Waals surface area contributed by atoms with Gasteiger partial charge in [0.2, 0.25) is 0 Å². The largest absolute Gasteiger partial charge is 0.489 e. The SMILES string of the molecule is CN(C)C(=O)N1CCC(Oc2cc(F)cc(Nc3ccc(I)cc3F)c2C(N)=O)CC1. The van der Waals surface area contributed by atoms with Gasteiger partial charge in [0, 0.05) is 49.7 Å². The Morgan fingerprint density at radius 3 is 2.42 bits per heavy atom. The zero-order chi connectivity index (χ0) is 22.7. The quantitative estimate of drug-likeness (QED) is 0.559. The van der Waals surface area contributed by atoms with Crippen molar-refractivity contribution in [3.05, 3.63) is 51.1 Å². The highest BCUT2D eigenvalue weighted by Gasteiger charge is 2.27. The van der Waals surface area contributed by atoms with E-state index in [9.17, 15) is 18.4 Å². The lowest BCUT2D eigenvalue weighted by molar-refractivity contribution is 0.0948. The highest BCUT2D eigenvalue weighted by atomic mass is 127. The summed E-state index contributed by atoms with van der Waals surface area (Å²) in [5, 5.41) is 2.74. The summed E-state index contributed by atoms with van der Waals surface area (Å²) in [4.78, 5) is 27.4. The van der Waals surface area contributed by atoms with E-state index in [2.05, 4.69) is 5.32 Å². The van der Waals surface area contributed by atoms with Gasteiger partial charge in [-0.05, 0) is 46.9 Å². The summed E-state index contributed by atoms with van der Waals surface area (Å²) in [5.41, 5.74) is 5.58. The van der Waals surface area contributed by atoms with E-state index in [1.807, 2.05) is 22.6 Å². The third kappa shape index (κ3) is 5.54. The predicted molar refractivity (Wildman–Crippen MR) is 122 cm³/mol. The van der Waals surface area contributed by atoms with Crippen LogP contribution in [0.1, 0.15) is 23.2 Å². The summed E-state index contributed by atoms with van der Waals surface area (Å²) in [5.74, 6) is -2.05. The summed E-state index contributed by atoms with van der Waals surface area (Å²) >= 11 is 1.97. The third-order valence-electron chi connectivity index (χ3n) is 4.90. The lowest BCUT2D eigenvalue weighted by Crippen LogP contribution is -2.46. The molecule has 166 valence electrons. The summed E-state index contributed by atoms with van der Waals surface area (Å²) in [6.45, 7) is 0.948. The van der Waals surface area contributed by atoms with Gasteiger partial charge in [-0.25, -0.2) is 13.6 Å². The van der Waals surface area contributed by atoms with Crippen molar-refractivity contribution in [1.29, 1.82) is 0 Å². The van der Waals surface area contributed by atoms with Crippen LogP contribution in [0.15, 0.2) is 30.3 Å². The Bertz CT molecular complexity index is 995. The number of hydrogen-bond acceptors (Lipinski definition) is 4. The van der Waals surface area contributed by atoms with Crippen LogP contribution in [0, 0.1) is 15.2 Å². The molecule has 0 radical (unpaired) electrons. The molecule has 2 aromatic rings. The van der Waals surface area contributed by atoms with Crippen LogP contribution in [-0.4, -0.2) is 55.0 Å². The molecule has 7 nitrogen and oxygen atoms in total. The lowest BCUT2D eigenvalue weighted by atomic mass is 10.1. The molecular weight excluding hydrogens is 521 g/mol. The minimum atomic E-state index is -0.830. The Labute approximate surface area is 192 Å². The number of primary amides is 1. The number of amides is 3. The number of nitrogens with two attached hydrogens (primary N) is 1. The van der Waals surface area contributed by atoms with Crippen LogP contribution in [0.25, 0.3) is 0 Å². The second kappa shape index (κ2) is 9.67. The lowest BCUT2D eigenvalue weighted by Gasteiger charge is -2.34. The average molecular weight is 544 g/mol. The first kappa shape index (κ1) is 23.0. The van der Waals surface area contributed by atoms with Gasteiger partial charge in [-0.15, -0.1) is 0 Å². The molecule has 0 aliphatic carbocycles. The van der Waals surface area contributed by atoms with Crippen molar-refractivity contribution in [3.8, 4) is 5.75 Å². The first-order valence-corrected chi connectivity index (χ1v) is 10.7. The number of carbonyl (C=O) groups is 2. The van der Waals surface area contributed by atoms with Crippen LogP contribution in [-0.2, 0) is 0 Å². The maximum absolute atomic E-state index is 14.3. The Morgan fingerprint density at radius 1 is 1.16 bits per heavy atom. The standard InChI is InChI=1S/C21H23F2IN4O3/c1-27(2)21(30)28-7-5-14(6-8-28)31-18-10-12(22)9-17(19(18)20(25)29)26-16-4-3-13(24)11-15(16)23/h3-4,9-11,14,26H,5-8H2,1-2H3,(H2,25,29). The van der Waals surface area contributed by atoms with Gasteiger partial charge in [0.1, 0.15) is 29.1 Å². The highest BCUT2D eigenvalue weighted by Crippen LogP contribution is 2.33. The minimum absolute atomic E-state index is 0.0155. The van der Waals surface area contributed by atoms with E-state index < -0.39 is 17.5 Å². The van der Waals surface area contributed by atoms with Gasteiger partial charge in [-0.2, -0.15) is 0 Å². The Balaban J connectivity index is 1.83. The van der Waals surface area contributed by atoms with Crippen molar-refractivity contribution in [2.45, 2.75) is 18.9 Å². The zero-order valence-corrected chi connectivity index (χ0v) is 19.3. The van der Waals surface area contributed by atoms with Gasteiger partial charge in [0.25, 0.3) is 5.91 Å². The number of hydrogen-bond donors (Lipinski definition) is 2. The number of anilines is 2. The van der Waals surface area contributed by atoms with Crippen LogP contribution < -0.4 is 15.8 Å². The molecule has 1 aliphatic rings. The molecule has 3 rings (SSSR count). The fraction of sp³-hybridized carbons (Fsp3) is 0.333. The number of piperidine rings is 1. The fourth-order valence-electron chi connectivity index (χ4n) is 3.39. The van der Waals surface area contributed by atoms with Crippen molar-refractivity contribution >= 4 is 45.9 Å². The minimum Gasteiger partial charge on any atom is -0.489 e. The van der Waals surface area contributed by atoms with Crippen LogP contribution >= 0.6 is 22.6 Å². The zero-order valence-electron chi connectivity index (χ0n) is 17.1. The van der Waals surface area contributed by atoms with E-state index in [1.54, 1.807) is 25.1 Å². The average Bonchev–Trinajstić information content (AvgIpc) is 2.69. The summed E-state index contributed by atoms with van der Waals surface area (Å²) < 4.78 is 35.2. The first-order chi connectivity index (χ1) is 14.7. The molecular formula is C21H23F2IN4O3. The van der Waals surface area contributed by atoms with Crippen LogP contribution in [0.5, 0.6) is 5.75 Å². The molecule has 0 bridgehead atoms. The van der Waals surface area contributed by atoms with Gasteiger partial charge >= 0.3 is 6.03 Å². The molecule has 1 heterocycles.